The second-order valence-electron chi connectivity index (χ2n) is 1.98. The topological polar surface area (TPSA) is 0 Å². The molecule has 0 rings (SSSR count). The van der Waals surface area contributed by atoms with Crippen molar-refractivity contribution in [2.24, 2.45) is 0 Å². The van der Waals surface area contributed by atoms with Crippen LogP contribution < -0.4 is 0 Å². The van der Waals surface area contributed by atoms with Crippen LogP contribution in [0, 0.1) is 0 Å². The summed E-state index contributed by atoms with van der Waals surface area (Å²) in [7, 11) is 0. The summed E-state index contributed by atoms with van der Waals surface area (Å²) in [6.07, 6.45) is 2.11. The summed E-state index contributed by atoms with van der Waals surface area (Å²) in [6.45, 7) is 6.20. The lowest BCUT2D eigenvalue weighted by atomic mass is 10.3. The Labute approximate surface area is 51.0 Å². The van der Waals surface area contributed by atoms with E-state index in [2.05, 4.69) is 39.5 Å². The average Bonchev–Trinajstić information content (AvgIpc) is 1.27. The molecule has 1 atom stereocenters. The van der Waals surface area contributed by atoms with Crippen LogP contribution in [-0.4, -0.2) is 5.25 Å². The normalized spacial score (nSPS) is 13.1. The molecule has 0 radical (unpaired) electrons. The molecular formula is C6H12S. The number of rotatable bonds is 1. The molecule has 7 heavy (non-hydrogen) atoms. The third-order valence-electron chi connectivity index (χ3n) is 0.575. The van der Waals surface area contributed by atoms with Crippen molar-refractivity contribution in [3.8, 4) is 0 Å². The molecule has 1 heteroatoms. The first-order chi connectivity index (χ1) is 3.13. The molecule has 0 saturated heterocycles. The highest BCUT2D eigenvalue weighted by Gasteiger charge is 1.83. The highest BCUT2D eigenvalue weighted by atomic mass is 32.1. The highest BCUT2D eigenvalue weighted by Crippen LogP contribution is 1.98. The molecule has 42 valence electrons. The van der Waals surface area contributed by atoms with Crippen LogP contribution in [0.4, 0.5) is 0 Å². The molecule has 0 amide bonds. The number of hydrogen-bond acceptors (Lipinski definition) is 1. The van der Waals surface area contributed by atoms with E-state index in [1.165, 1.54) is 5.57 Å². The van der Waals surface area contributed by atoms with Crippen LogP contribution in [0.15, 0.2) is 11.6 Å². The van der Waals surface area contributed by atoms with Gasteiger partial charge in [0.2, 0.25) is 0 Å². The maximum atomic E-state index is 4.16. The van der Waals surface area contributed by atoms with Gasteiger partial charge in [-0.1, -0.05) is 11.6 Å². The Bertz CT molecular complexity index is 68.2. The van der Waals surface area contributed by atoms with Crippen molar-refractivity contribution >= 4 is 12.6 Å². The van der Waals surface area contributed by atoms with Gasteiger partial charge < -0.3 is 0 Å². The zero-order valence-electron chi connectivity index (χ0n) is 5.10. The molecular weight excluding hydrogens is 104 g/mol. The number of allylic oxidation sites excluding steroid dienone is 1. The Morgan fingerprint density at radius 3 is 2.00 bits per heavy atom. The molecule has 0 aromatic carbocycles. The van der Waals surface area contributed by atoms with Crippen molar-refractivity contribution < 1.29 is 0 Å². The second kappa shape index (κ2) is 3.14. The van der Waals surface area contributed by atoms with Crippen molar-refractivity contribution in [1.82, 2.24) is 0 Å². The van der Waals surface area contributed by atoms with E-state index in [0.717, 1.165) is 0 Å². The fourth-order valence-electron chi connectivity index (χ4n) is 0.482. The Kier molecular flexibility index (Phi) is 3.18. The lowest BCUT2D eigenvalue weighted by Gasteiger charge is -1.92. The largest absolute Gasteiger partial charge is 0.172 e. The molecule has 0 aliphatic rings. The van der Waals surface area contributed by atoms with Gasteiger partial charge in [0, 0.05) is 5.25 Å². The van der Waals surface area contributed by atoms with Crippen molar-refractivity contribution in [2.45, 2.75) is 26.0 Å². The van der Waals surface area contributed by atoms with E-state index in [-0.39, 0.29) is 0 Å². The van der Waals surface area contributed by atoms with Gasteiger partial charge in [-0.15, -0.1) is 0 Å². The highest BCUT2D eigenvalue weighted by molar-refractivity contribution is 7.81. The van der Waals surface area contributed by atoms with Crippen LogP contribution in [0.2, 0.25) is 0 Å². The minimum Gasteiger partial charge on any atom is -0.172 e. The first kappa shape index (κ1) is 7.09. The van der Waals surface area contributed by atoms with Gasteiger partial charge in [-0.2, -0.15) is 12.6 Å². The first-order valence-electron chi connectivity index (χ1n) is 2.46. The van der Waals surface area contributed by atoms with E-state index in [4.69, 9.17) is 0 Å². The summed E-state index contributed by atoms with van der Waals surface area (Å²) in [5, 5.41) is 0.407. The SMILES string of the molecule is CC(C)=CC(C)S. The Morgan fingerprint density at radius 1 is 1.57 bits per heavy atom. The molecule has 0 aliphatic carbocycles. The molecule has 0 bridgehead atoms. The summed E-state index contributed by atoms with van der Waals surface area (Å²) >= 11 is 4.16. The maximum Gasteiger partial charge on any atom is 0.0170 e. The van der Waals surface area contributed by atoms with Crippen LogP contribution in [0.3, 0.4) is 0 Å². The van der Waals surface area contributed by atoms with Gasteiger partial charge in [-0.05, 0) is 20.8 Å². The van der Waals surface area contributed by atoms with Gasteiger partial charge in [0.1, 0.15) is 0 Å². The molecule has 0 aromatic heterocycles. The maximum absolute atomic E-state index is 4.16. The van der Waals surface area contributed by atoms with Gasteiger partial charge in [-0.3, -0.25) is 0 Å². The molecule has 0 saturated carbocycles. The van der Waals surface area contributed by atoms with Gasteiger partial charge in [0.05, 0.1) is 0 Å². The van der Waals surface area contributed by atoms with Crippen LogP contribution in [-0.2, 0) is 0 Å². The van der Waals surface area contributed by atoms with Crippen LogP contribution in [0.25, 0.3) is 0 Å². The summed E-state index contributed by atoms with van der Waals surface area (Å²) in [5.74, 6) is 0. The third-order valence-corrected chi connectivity index (χ3v) is 0.724. The van der Waals surface area contributed by atoms with E-state index in [9.17, 15) is 0 Å². The Balaban J connectivity index is 3.45. The summed E-state index contributed by atoms with van der Waals surface area (Å²) in [4.78, 5) is 0. The predicted molar refractivity (Wildman–Crippen MR) is 37.9 cm³/mol. The van der Waals surface area contributed by atoms with E-state index < -0.39 is 0 Å². The molecule has 0 aliphatic heterocycles. The molecule has 0 fully saturated rings. The fourth-order valence-corrected chi connectivity index (χ4v) is 0.781. The summed E-state index contributed by atoms with van der Waals surface area (Å²) in [6, 6.07) is 0. The molecule has 0 heterocycles. The molecule has 0 aromatic rings. The minimum atomic E-state index is 0.407. The van der Waals surface area contributed by atoms with E-state index in [1.54, 1.807) is 0 Å². The second-order valence-corrected chi connectivity index (χ2v) is 2.80. The van der Waals surface area contributed by atoms with E-state index in [0.29, 0.717) is 5.25 Å². The van der Waals surface area contributed by atoms with Crippen molar-refractivity contribution in [3.63, 3.8) is 0 Å². The third kappa shape index (κ3) is 6.09. The molecule has 0 N–H and O–H groups in total. The zero-order valence-corrected chi connectivity index (χ0v) is 6.00. The van der Waals surface area contributed by atoms with Gasteiger partial charge in [0.25, 0.3) is 0 Å². The quantitative estimate of drug-likeness (QED) is 0.394. The van der Waals surface area contributed by atoms with Crippen molar-refractivity contribution in [2.75, 3.05) is 0 Å². The van der Waals surface area contributed by atoms with Crippen LogP contribution in [0.5, 0.6) is 0 Å². The smallest absolute Gasteiger partial charge is 0.0170 e. The molecule has 1 unspecified atom stereocenters. The number of thiol groups is 1. The average molecular weight is 116 g/mol. The minimum absolute atomic E-state index is 0.407. The first-order valence-corrected chi connectivity index (χ1v) is 2.97. The van der Waals surface area contributed by atoms with Crippen LogP contribution >= 0.6 is 12.6 Å². The van der Waals surface area contributed by atoms with E-state index >= 15 is 0 Å². The zero-order chi connectivity index (χ0) is 5.86. The fraction of sp³-hybridized carbons (Fsp3) is 0.667. The van der Waals surface area contributed by atoms with Crippen LogP contribution in [0.1, 0.15) is 20.8 Å². The Hall–Kier alpha value is 0.0900. The lowest BCUT2D eigenvalue weighted by molar-refractivity contribution is 1.20. The lowest BCUT2D eigenvalue weighted by Crippen LogP contribution is -1.81. The summed E-state index contributed by atoms with van der Waals surface area (Å²) < 4.78 is 0. The molecule has 0 nitrogen and oxygen atoms in total. The Morgan fingerprint density at radius 2 is 2.00 bits per heavy atom. The predicted octanol–water partition coefficient (Wildman–Crippen LogP) is 2.27. The summed E-state index contributed by atoms with van der Waals surface area (Å²) in [5.41, 5.74) is 1.34. The standard InChI is InChI=1S/C6H12S/c1-5(2)4-6(3)7/h4,6-7H,1-3H3. The number of hydrogen-bond donors (Lipinski definition) is 1. The van der Waals surface area contributed by atoms with Crippen molar-refractivity contribution in [3.05, 3.63) is 11.6 Å². The van der Waals surface area contributed by atoms with Gasteiger partial charge in [-0.25, -0.2) is 0 Å². The monoisotopic (exact) mass is 116 g/mol. The van der Waals surface area contributed by atoms with Gasteiger partial charge >= 0.3 is 0 Å². The van der Waals surface area contributed by atoms with E-state index in [1.807, 2.05) is 0 Å². The van der Waals surface area contributed by atoms with Gasteiger partial charge in [0.15, 0.2) is 0 Å². The van der Waals surface area contributed by atoms with Crippen molar-refractivity contribution in [1.29, 1.82) is 0 Å². The molecule has 0 spiro atoms.